The summed E-state index contributed by atoms with van der Waals surface area (Å²) in [5.74, 6) is 0. The Labute approximate surface area is 76.4 Å². The average Bonchev–Trinajstić information content (AvgIpc) is 2.12. The fourth-order valence-electron chi connectivity index (χ4n) is 1.19. The highest BCUT2D eigenvalue weighted by Gasteiger charge is 2.29. The molecule has 60 valence electrons. The van der Waals surface area contributed by atoms with Gasteiger partial charge in [-0.3, -0.25) is 0 Å². The predicted molar refractivity (Wildman–Crippen MR) is 49.0 cm³/mol. The van der Waals surface area contributed by atoms with Crippen LogP contribution in [0.4, 0.5) is 0 Å². The van der Waals surface area contributed by atoms with Gasteiger partial charge >= 0.3 is 6.00 Å². The molecule has 5 heteroatoms. The van der Waals surface area contributed by atoms with Gasteiger partial charge in [-0.15, -0.1) is 33.2 Å². The molecule has 1 rings (SSSR count). The Balaban J connectivity index is 2.24. The lowest BCUT2D eigenvalue weighted by atomic mass is 10.4. The number of halogens is 3. The van der Waals surface area contributed by atoms with Crippen molar-refractivity contribution in [3.63, 3.8) is 0 Å². The van der Waals surface area contributed by atoms with Gasteiger partial charge in [0.2, 0.25) is 0 Å². The van der Waals surface area contributed by atoms with Gasteiger partial charge in [0.15, 0.2) is 0 Å². The van der Waals surface area contributed by atoms with Crippen LogP contribution in [0.2, 0.25) is 0 Å². The highest BCUT2D eigenvalue weighted by molar-refractivity contribution is 7.64. The number of likely N-dealkylation sites (tertiary alicyclic amines) is 1. The van der Waals surface area contributed by atoms with Crippen LogP contribution in [0.3, 0.4) is 0 Å². The molecule has 1 aliphatic heterocycles. The van der Waals surface area contributed by atoms with Gasteiger partial charge in [-0.05, 0) is 25.9 Å². The van der Waals surface area contributed by atoms with Crippen LogP contribution in [0.5, 0.6) is 0 Å². The molecule has 0 radical (unpaired) electrons. The summed E-state index contributed by atoms with van der Waals surface area (Å²) >= 11 is 17.2. The van der Waals surface area contributed by atoms with Crippen molar-refractivity contribution in [2.24, 2.45) is 0 Å². The Morgan fingerprint density at radius 3 is 2.00 bits per heavy atom. The minimum Gasteiger partial charge on any atom is -0.302 e. The zero-order chi connectivity index (χ0) is 7.61. The predicted octanol–water partition coefficient (Wildman–Crippen LogP) is 2.28. The lowest BCUT2D eigenvalue weighted by molar-refractivity contribution is 0.394. The van der Waals surface area contributed by atoms with E-state index in [1.54, 1.807) is 0 Å². The molecular formula is C5H10Cl3NSi. The van der Waals surface area contributed by atoms with Gasteiger partial charge in [-0.1, -0.05) is 0 Å². The van der Waals surface area contributed by atoms with Crippen LogP contribution in [-0.4, -0.2) is 30.2 Å². The van der Waals surface area contributed by atoms with Gasteiger partial charge in [0.25, 0.3) is 0 Å². The van der Waals surface area contributed by atoms with Gasteiger partial charge < -0.3 is 4.90 Å². The maximum absolute atomic E-state index is 5.74. The fourth-order valence-corrected chi connectivity index (χ4v) is 3.54. The Morgan fingerprint density at radius 2 is 1.60 bits per heavy atom. The number of rotatable bonds is 2. The minimum absolute atomic E-state index is 0.706. The molecule has 0 aromatic carbocycles. The highest BCUT2D eigenvalue weighted by Crippen LogP contribution is 2.22. The van der Waals surface area contributed by atoms with Crippen molar-refractivity contribution >= 4 is 39.2 Å². The standard InChI is InChI=1S/C5H10Cl3NSi/c6-10(7,8)5-9-3-1-2-4-9/h1-5H2. The molecule has 0 atom stereocenters. The Kier molecular flexibility index (Phi) is 3.32. The van der Waals surface area contributed by atoms with Crippen molar-refractivity contribution in [3.05, 3.63) is 0 Å². The molecule has 0 amide bonds. The van der Waals surface area contributed by atoms with Crippen LogP contribution >= 0.6 is 33.2 Å². The summed E-state index contributed by atoms with van der Waals surface area (Å²) in [6, 6.07) is -2.38. The third kappa shape index (κ3) is 3.44. The zero-order valence-corrected chi connectivity index (χ0v) is 8.88. The average molecular weight is 219 g/mol. The monoisotopic (exact) mass is 217 g/mol. The molecule has 0 saturated carbocycles. The van der Waals surface area contributed by atoms with Gasteiger partial charge in [0.05, 0.1) is 0 Å². The number of hydrogen-bond acceptors (Lipinski definition) is 1. The SMILES string of the molecule is Cl[Si](Cl)(Cl)CN1CCCC1. The van der Waals surface area contributed by atoms with E-state index >= 15 is 0 Å². The molecule has 0 unspecified atom stereocenters. The van der Waals surface area contributed by atoms with Crippen molar-refractivity contribution < 1.29 is 0 Å². The molecule has 1 saturated heterocycles. The van der Waals surface area contributed by atoms with Crippen LogP contribution < -0.4 is 0 Å². The quantitative estimate of drug-likeness (QED) is 0.508. The first-order valence-electron chi connectivity index (χ1n) is 3.37. The van der Waals surface area contributed by atoms with Crippen LogP contribution in [0, 0.1) is 0 Å². The second-order valence-electron chi connectivity index (χ2n) is 2.60. The molecule has 1 nitrogen and oxygen atoms in total. The summed E-state index contributed by atoms with van der Waals surface area (Å²) in [5, 5.41) is 0. The number of hydrogen-bond donors (Lipinski definition) is 0. The molecule has 1 heterocycles. The summed E-state index contributed by atoms with van der Waals surface area (Å²) in [6.07, 6.45) is 3.22. The molecule has 0 N–H and O–H groups in total. The lowest BCUT2D eigenvalue weighted by Gasteiger charge is -2.17. The maximum Gasteiger partial charge on any atom is 0.354 e. The van der Waals surface area contributed by atoms with Crippen LogP contribution in [0.15, 0.2) is 0 Å². The Morgan fingerprint density at radius 1 is 1.10 bits per heavy atom. The Hall–Kier alpha value is 1.05. The molecule has 1 aliphatic rings. The summed E-state index contributed by atoms with van der Waals surface area (Å²) in [7, 11) is 0. The van der Waals surface area contributed by atoms with E-state index in [2.05, 4.69) is 4.90 Å². The third-order valence-corrected chi connectivity index (χ3v) is 3.48. The van der Waals surface area contributed by atoms with E-state index in [0.717, 1.165) is 13.1 Å². The molecule has 0 aliphatic carbocycles. The van der Waals surface area contributed by atoms with Gasteiger partial charge in [0, 0.05) is 6.17 Å². The van der Waals surface area contributed by atoms with Crippen molar-refractivity contribution in [3.8, 4) is 0 Å². The molecule has 10 heavy (non-hydrogen) atoms. The van der Waals surface area contributed by atoms with Crippen LogP contribution in [0.25, 0.3) is 0 Å². The summed E-state index contributed by atoms with van der Waals surface area (Å²) in [4.78, 5) is 2.24. The first-order valence-corrected chi connectivity index (χ1v) is 8.61. The normalized spacial score (nSPS) is 21.9. The molecule has 0 aromatic rings. The molecule has 0 aromatic heterocycles. The van der Waals surface area contributed by atoms with Crippen molar-refractivity contribution in [2.75, 3.05) is 19.3 Å². The van der Waals surface area contributed by atoms with Crippen molar-refractivity contribution in [2.45, 2.75) is 12.8 Å². The largest absolute Gasteiger partial charge is 0.354 e. The van der Waals surface area contributed by atoms with E-state index in [1.165, 1.54) is 12.8 Å². The first-order chi connectivity index (χ1) is 4.58. The second kappa shape index (κ2) is 3.63. The second-order valence-corrected chi connectivity index (χ2v) is 11.7. The first kappa shape index (κ1) is 9.14. The van der Waals surface area contributed by atoms with Gasteiger partial charge in [-0.25, -0.2) is 0 Å². The maximum atomic E-state index is 5.74. The summed E-state index contributed by atoms with van der Waals surface area (Å²) in [5.41, 5.74) is 0. The summed E-state index contributed by atoms with van der Waals surface area (Å²) < 4.78 is 0. The molecule has 1 fully saturated rings. The zero-order valence-electron chi connectivity index (χ0n) is 5.62. The number of nitrogens with zero attached hydrogens (tertiary/aromatic N) is 1. The van der Waals surface area contributed by atoms with Gasteiger partial charge in [-0.2, -0.15) is 0 Å². The van der Waals surface area contributed by atoms with Crippen molar-refractivity contribution in [1.29, 1.82) is 0 Å². The Bertz CT molecular complexity index is 108. The van der Waals surface area contributed by atoms with Crippen LogP contribution in [-0.2, 0) is 0 Å². The van der Waals surface area contributed by atoms with Gasteiger partial charge in [0.1, 0.15) is 0 Å². The molecule has 0 spiro atoms. The van der Waals surface area contributed by atoms with Crippen molar-refractivity contribution in [1.82, 2.24) is 4.90 Å². The smallest absolute Gasteiger partial charge is 0.302 e. The highest BCUT2D eigenvalue weighted by atomic mass is 35.8. The van der Waals surface area contributed by atoms with E-state index in [9.17, 15) is 0 Å². The van der Waals surface area contributed by atoms with E-state index in [-0.39, 0.29) is 0 Å². The fraction of sp³-hybridized carbons (Fsp3) is 1.00. The lowest BCUT2D eigenvalue weighted by Crippen LogP contribution is -2.33. The topological polar surface area (TPSA) is 3.24 Å². The van der Waals surface area contributed by atoms with E-state index in [4.69, 9.17) is 33.2 Å². The third-order valence-electron chi connectivity index (χ3n) is 1.60. The summed E-state index contributed by atoms with van der Waals surface area (Å²) in [6.45, 7) is 2.22. The molecule has 0 bridgehead atoms. The van der Waals surface area contributed by atoms with Crippen LogP contribution in [0.1, 0.15) is 12.8 Å². The minimum atomic E-state index is -2.38. The van der Waals surface area contributed by atoms with E-state index in [0.29, 0.717) is 6.17 Å². The van der Waals surface area contributed by atoms with E-state index in [1.807, 2.05) is 0 Å². The molecular weight excluding hydrogens is 209 g/mol. The van der Waals surface area contributed by atoms with E-state index < -0.39 is 6.00 Å².